The Bertz CT molecular complexity index is 1020. The number of ketones is 1. The molecule has 0 saturated carbocycles. The smallest absolute Gasteiger partial charge is 0.324 e. The maximum atomic E-state index is 12.5. The first kappa shape index (κ1) is 23.2. The van der Waals surface area contributed by atoms with Crippen molar-refractivity contribution in [1.82, 2.24) is 4.72 Å². The highest BCUT2D eigenvalue weighted by Gasteiger charge is 2.30. The van der Waals surface area contributed by atoms with E-state index in [2.05, 4.69) is 10.0 Å². The summed E-state index contributed by atoms with van der Waals surface area (Å²) in [5.41, 5.74) is 0.629. The van der Waals surface area contributed by atoms with E-state index in [0.29, 0.717) is 11.3 Å². The van der Waals surface area contributed by atoms with Gasteiger partial charge in [0.25, 0.3) is 5.91 Å². The Morgan fingerprint density at radius 2 is 1.57 bits per heavy atom. The molecule has 2 rings (SSSR count). The largest absolute Gasteiger partial charge is 0.454 e. The first-order valence-corrected chi connectivity index (χ1v) is 10.7. The van der Waals surface area contributed by atoms with E-state index in [9.17, 15) is 22.8 Å². The third kappa shape index (κ3) is 6.23. The zero-order valence-electron chi connectivity index (χ0n) is 16.9. The number of rotatable bonds is 9. The zero-order valence-corrected chi connectivity index (χ0v) is 17.7. The van der Waals surface area contributed by atoms with Crippen molar-refractivity contribution in [2.24, 2.45) is 5.92 Å². The van der Waals surface area contributed by atoms with Crippen LogP contribution in [0.5, 0.6) is 0 Å². The second-order valence-corrected chi connectivity index (χ2v) is 8.63. The Hall–Kier alpha value is -3.04. The second kappa shape index (κ2) is 10.1. The molecule has 0 aliphatic heterocycles. The minimum Gasteiger partial charge on any atom is -0.454 e. The van der Waals surface area contributed by atoms with Crippen molar-refractivity contribution in [3.8, 4) is 0 Å². The minimum atomic E-state index is -3.94. The van der Waals surface area contributed by atoms with Gasteiger partial charge in [-0.05, 0) is 37.1 Å². The standard InChI is InChI=1S/C21H24N2O6S/c1-14(2)20(23-30(27,28)16-9-5-4-6-10-16)21(26)29-13-19(25)22-18-12-8-7-11-17(18)15(3)24/h4-12,14,20,23H,13H2,1-3H3,(H,22,25)/t20-/m0/s1. The van der Waals surface area contributed by atoms with E-state index in [1.165, 1.54) is 19.1 Å². The van der Waals surface area contributed by atoms with Crippen molar-refractivity contribution in [1.29, 1.82) is 0 Å². The highest BCUT2D eigenvalue weighted by atomic mass is 32.2. The van der Waals surface area contributed by atoms with Gasteiger partial charge in [-0.25, -0.2) is 8.42 Å². The molecule has 2 aromatic carbocycles. The third-order valence-electron chi connectivity index (χ3n) is 4.18. The minimum absolute atomic E-state index is 0.0158. The number of benzene rings is 2. The van der Waals surface area contributed by atoms with Gasteiger partial charge in [0, 0.05) is 5.56 Å². The van der Waals surface area contributed by atoms with E-state index in [-0.39, 0.29) is 10.7 Å². The van der Waals surface area contributed by atoms with E-state index >= 15 is 0 Å². The van der Waals surface area contributed by atoms with Gasteiger partial charge in [-0.3, -0.25) is 14.4 Å². The van der Waals surface area contributed by atoms with E-state index in [4.69, 9.17) is 4.74 Å². The average molecular weight is 432 g/mol. The van der Waals surface area contributed by atoms with Crippen molar-refractivity contribution in [3.63, 3.8) is 0 Å². The third-order valence-corrected chi connectivity index (χ3v) is 5.64. The molecule has 1 amide bonds. The molecule has 0 aliphatic rings. The molecule has 0 radical (unpaired) electrons. The summed E-state index contributed by atoms with van der Waals surface area (Å²) < 4.78 is 32.4. The number of carbonyl (C=O) groups is 3. The molecule has 0 fully saturated rings. The number of para-hydroxylation sites is 1. The maximum Gasteiger partial charge on any atom is 0.324 e. The van der Waals surface area contributed by atoms with Gasteiger partial charge in [-0.15, -0.1) is 0 Å². The fraction of sp³-hybridized carbons (Fsp3) is 0.286. The SMILES string of the molecule is CC(=O)c1ccccc1NC(=O)COC(=O)[C@@H](NS(=O)(=O)c1ccccc1)C(C)C. The average Bonchev–Trinajstić information content (AvgIpc) is 2.71. The molecule has 30 heavy (non-hydrogen) atoms. The molecule has 2 aromatic rings. The number of sulfonamides is 1. The van der Waals surface area contributed by atoms with Crippen molar-refractivity contribution >= 4 is 33.4 Å². The van der Waals surface area contributed by atoms with Gasteiger partial charge in [0.15, 0.2) is 12.4 Å². The Balaban J connectivity index is 2.02. The number of amides is 1. The lowest BCUT2D eigenvalue weighted by Gasteiger charge is -2.20. The molecule has 0 saturated heterocycles. The summed E-state index contributed by atoms with van der Waals surface area (Å²) in [4.78, 5) is 36.2. The van der Waals surface area contributed by atoms with Gasteiger partial charge >= 0.3 is 5.97 Å². The summed E-state index contributed by atoms with van der Waals surface area (Å²) in [7, 11) is -3.94. The van der Waals surface area contributed by atoms with Gasteiger partial charge in [-0.1, -0.05) is 44.2 Å². The van der Waals surface area contributed by atoms with E-state index < -0.39 is 40.5 Å². The molecular formula is C21H24N2O6S. The number of Topliss-reactive ketones (excluding diaryl/α,β-unsaturated/α-hetero) is 1. The van der Waals surface area contributed by atoms with E-state index in [1.54, 1.807) is 56.3 Å². The number of esters is 1. The van der Waals surface area contributed by atoms with Gasteiger partial charge in [0.05, 0.1) is 10.6 Å². The molecule has 0 aliphatic carbocycles. The topological polar surface area (TPSA) is 119 Å². The van der Waals surface area contributed by atoms with Crippen molar-refractivity contribution in [3.05, 3.63) is 60.2 Å². The Morgan fingerprint density at radius 1 is 0.967 bits per heavy atom. The number of hydrogen-bond acceptors (Lipinski definition) is 6. The van der Waals surface area contributed by atoms with Crippen molar-refractivity contribution < 1.29 is 27.5 Å². The Morgan fingerprint density at radius 3 is 2.17 bits per heavy atom. The summed E-state index contributed by atoms with van der Waals surface area (Å²) in [5.74, 6) is -2.17. The zero-order chi connectivity index (χ0) is 22.3. The summed E-state index contributed by atoms with van der Waals surface area (Å²) in [6.07, 6.45) is 0. The van der Waals surface area contributed by atoms with Crippen LogP contribution in [0.2, 0.25) is 0 Å². The van der Waals surface area contributed by atoms with Crippen LogP contribution in [0.3, 0.4) is 0 Å². The number of nitrogens with one attached hydrogen (secondary N) is 2. The molecule has 0 unspecified atom stereocenters. The summed E-state index contributed by atoms with van der Waals surface area (Å²) >= 11 is 0. The first-order chi connectivity index (χ1) is 14.1. The molecular weight excluding hydrogens is 408 g/mol. The second-order valence-electron chi connectivity index (χ2n) is 6.91. The molecule has 8 nitrogen and oxygen atoms in total. The maximum absolute atomic E-state index is 12.5. The molecule has 1 atom stereocenters. The lowest BCUT2D eigenvalue weighted by Crippen LogP contribution is -2.45. The number of hydrogen-bond donors (Lipinski definition) is 2. The molecule has 0 heterocycles. The number of anilines is 1. The van der Waals surface area contributed by atoms with Gasteiger partial charge in [0.2, 0.25) is 10.0 Å². The predicted octanol–water partition coefficient (Wildman–Crippen LogP) is 2.37. The quantitative estimate of drug-likeness (QED) is 0.464. The van der Waals surface area contributed by atoms with Crippen LogP contribution in [0, 0.1) is 5.92 Å². The fourth-order valence-corrected chi connectivity index (χ4v) is 3.96. The molecule has 160 valence electrons. The molecule has 9 heteroatoms. The Kier molecular flexibility index (Phi) is 7.85. The molecule has 0 bridgehead atoms. The van der Waals surface area contributed by atoms with Crippen molar-refractivity contribution in [2.75, 3.05) is 11.9 Å². The van der Waals surface area contributed by atoms with E-state index in [1.807, 2.05) is 0 Å². The summed E-state index contributed by atoms with van der Waals surface area (Å²) in [6.45, 7) is 4.06. The monoisotopic (exact) mass is 432 g/mol. The highest BCUT2D eigenvalue weighted by Crippen LogP contribution is 2.16. The lowest BCUT2D eigenvalue weighted by atomic mass is 10.1. The van der Waals surface area contributed by atoms with Gasteiger partial charge in [0.1, 0.15) is 6.04 Å². The predicted molar refractivity (Wildman–Crippen MR) is 111 cm³/mol. The van der Waals surface area contributed by atoms with Crippen LogP contribution in [0.1, 0.15) is 31.1 Å². The lowest BCUT2D eigenvalue weighted by molar-refractivity contribution is -0.150. The van der Waals surface area contributed by atoms with Gasteiger partial charge in [-0.2, -0.15) is 4.72 Å². The molecule has 0 aromatic heterocycles. The van der Waals surface area contributed by atoms with Crippen LogP contribution in [0.15, 0.2) is 59.5 Å². The Labute approximate surface area is 175 Å². The fourth-order valence-electron chi connectivity index (χ4n) is 2.60. The number of carbonyl (C=O) groups excluding carboxylic acids is 3. The van der Waals surface area contributed by atoms with E-state index in [0.717, 1.165) is 0 Å². The first-order valence-electron chi connectivity index (χ1n) is 9.25. The highest BCUT2D eigenvalue weighted by molar-refractivity contribution is 7.89. The van der Waals surface area contributed by atoms with Crippen LogP contribution in [0.25, 0.3) is 0 Å². The van der Waals surface area contributed by atoms with Crippen LogP contribution >= 0.6 is 0 Å². The van der Waals surface area contributed by atoms with Crippen LogP contribution in [-0.2, 0) is 24.3 Å². The number of ether oxygens (including phenoxy) is 1. The van der Waals surface area contributed by atoms with Crippen LogP contribution in [-0.4, -0.2) is 38.7 Å². The van der Waals surface area contributed by atoms with Crippen LogP contribution < -0.4 is 10.0 Å². The van der Waals surface area contributed by atoms with Gasteiger partial charge < -0.3 is 10.1 Å². The summed E-state index contributed by atoms with van der Waals surface area (Å²) in [6, 6.07) is 12.9. The van der Waals surface area contributed by atoms with Crippen molar-refractivity contribution in [2.45, 2.75) is 31.7 Å². The molecule has 2 N–H and O–H groups in total. The normalized spacial score (nSPS) is 12.3. The molecule has 0 spiro atoms. The summed E-state index contributed by atoms with van der Waals surface area (Å²) in [5, 5.41) is 2.51. The van der Waals surface area contributed by atoms with Crippen LogP contribution in [0.4, 0.5) is 5.69 Å².